The molecule has 0 radical (unpaired) electrons. The van der Waals surface area contributed by atoms with Crippen molar-refractivity contribution < 1.29 is 4.92 Å². The van der Waals surface area contributed by atoms with Crippen molar-refractivity contribution in [3.05, 3.63) is 31.4 Å². The molecule has 90 valence electrons. The minimum Gasteiger partial charge on any atom is -0.275 e. The van der Waals surface area contributed by atoms with Crippen molar-refractivity contribution in [2.45, 2.75) is 6.92 Å². The molecule has 8 heteroatoms. The molecule has 0 saturated heterocycles. The summed E-state index contributed by atoms with van der Waals surface area (Å²) in [4.78, 5) is 10.2. The molecule has 0 aliphatic rings. The summed E-state index contributed by atoms with van der Waals surface area (Å²) in [5.74, 6) is 0. The summed E-state index contributed by atoms with van der Waals surface area (Å²) in [6, 6.07) is 5.98. The number of aryl methyl sites for hydroxylation is 1. The van der Waals surface area contributed by atoms with Crippen molar-refractivity contribution >= 4 is 39.7 Å². The Morgan fingerprint density at radius 2 is 2.11 bits per heavy atom. The van der Waals surface area contributed by atoms with E-state index in [1.807, 2.05) is 22.6 Å². The first-order chi connectivity index (χ1) is 8.49. The Labute approximate surface area is 116 Å². The Morgan fingerprint density at radius 3 is 2.56 bits per heavy atom. The number of benzene rings is 1. The number of nitrogens with zero attached hydrogens (tertiary/aromatic N) is 4. The molecular weight excluding hydrogens is 349 g/mol. The molecule has 1 aromatic carbocycles. The minimum atomic E-state index is -0.488. The van der Waals surface area contributed by atoms with E-state index in [0.29, 0.717) is 14.8 Å². The lowest BCUT2D eigenvalue weighted by Crippen LogP contribution is -2.01. The molecule has 0 heterocycles. The van der Waals surface area contributed by atoms with E-state index >= 15 is 0 Å². The van der Waals surface area contributed by atoms with Gasteiger partial charge in [0, 0.05) is 15.7 Å². The predicted octanol–water partition coefficient (Wildman–Crippen LogP) is 2.32. The summed E-state index contributed by atoms with van der Waals surface area (Å²) in [5.41, 5.74) is 3.36. The van der Waals surface area contributed by atoms with Gasteiger partial charge in [0.25, 0.3) is 5.69 Å². The zero-order valence-corrected chi connectivity index (χ0v) is 11.3. The van der Waals surface area contributed by atoms with Gasteiger partial charge < -0.3 is 0 Å². The maximum Gasteiger partial charge on any atom is 0.270 e. The van der Waals surface area contributed by atoms with Crippen LogP contribution in [0.3, 0.4) is 0 Å². The Morgan fingerprint density at radius 1 is 1.50 bits per heavy atom. The van der Waals surface area contributed by atoms with Crippen molar-refractivity contribution in [3.63, 3.8) is 0 Å². The normalized spacial score (nSPS) is 8.89. The molecule has 0 spiro atoms. The highest BCUT2D eigenvalue weighted by atomic mass is 127. The van der Waals surface area contributed by atoms with Crippen molar-refractivity contribution in [1.82, 2.24) is 0 Å². The average Bonchev–Trinajstić information content (AvgIpc) is 2.32. The van der Waals surface area contributed by atoms with Crippen LogP contribution < -0.4 is 5.43 Å². The molecule has 0 fully saturated rings. The van der Waals surface area contributed by atoms with Crippen molar-refractivity contribution in [2.24, 2.45) is 5.10 Å². The van der Waals surface area contributed by atoms with Crippen LogP contribution in [0.25, 0.3) is 0 Å². The van der Waals surface area contributed by atoms with Gasteiger partial charge in [0.2, 0.25) is 5.71 Å². The van der Waals surface area contributed by atoms with E-state index in [2.05, 4.69) is 10.5 Å². The second-order valence-electron chi connectivity index (χ2n) is 3.17. The minimum absolute atomic E-state index is 0.0211. The molecule has 0 amide bonds. The van der Waals surface area contributed by atoms with E-state index in [4.69, 9.17) is 10.5 Å². The highest BCUT2D eigenvalue weighted by Crippen LogP contribution is 2.28. The lowest BCUT2D eigenvalue weighted by molar-refractivity contribution is -0.385. The molecule has 0 bridgehead atoms. The number of nitro groups is 1. The third-order valence-electron chi connectivity index (χ3n) is 1.97. The molecule has 0 aromatic heterocycles. The number of hydrazone groups is 1. The maximum atomic E-state index is 10.6. The highest BCUT2D eigenvalue weighted by molar-refractivity contribution is 14.1. The van der Waals surface area contributed by atoms with Crippen LogP contribution in [-0.4, -0.2) is 10.6 Å². The number of hydrogen-bond acceptors (Lipinski definition) is 6. The fourth-order valence-corrected chi connectivity index (χ4v) is 2.02. The number of anilines is 1. The van der Waals surface area contributed by atoms with Crippen LogP contribution in [0.5, 0.6) is 0 Å². The third-order valence-corrected chi connectivity index (χ3v) is 2.83. The van der Waals surface area contributed by atoms with Gasteiger partial charge in [-0.3, -0.25) is 15.5 Å². The summed E-state index contributed by atoms with van der Waals surface area (Å²) in [6.45, 7) is 1.67. The third kappa shape index (κ3) is 3.15. The fourth-order valence-electron chi connectivity index (χ4n) is 1.16. The molecule has 0 aliphatic heterocycles. The molecule has 0 aliphatic carbocycles. The zero-order valence-electron chi connectivity index (χ0n) is 9.14. The van der Waals surface area contributed by atoms with Crippen LogP contribution in [0, 0.1) is 43.3 Å². The summed E-state index contributed by atoms with van der Waals surface area (Å²) >= 11 is 1.91. The largest absolute Gasteiger partial charge is 0.275 e. The average molecular weight is 355 g/mol. The second-order valence-corrected chi connectivity index (χ2v) is 4.33. The Bertz CT molecular complexity index is 573. The van der Waals surface area contributed by atoms with Crippen LogP contribution in [0.4, 0.5) is 11.4 Å². The fraction of sp³-hybridized carbons (Fsp3) is 0.100. The lowest BCUT2D eigenvalue weighted by Gasteiger charge is -2.07. The number of hydrogen-bond donors (Lipinski definition) is 1. The first-order valence-corrected chi connectivity index (χ1v) is 5.66. The van der Waals surface area contributed by atoms with E-state index in [-0.39, 0.29) is 11.4 Å². The van der Waals surface area contributed by atoms with E-state index < -0.39 is 4.92 Å². The lowest BCUT2D eigenvalue weighted by atomic mass is 10.2. The number of halogens is 1. The standard InChI is InChI=1S/C10H6IN5O2/c1-6-2-8(16(17)18)3-9(11)10(6)15-14-7(4-12)5-13/h2-3,15H,1H3. The van der Waals surface area contributed by atoms with Gasteiger partial charge in [0.05, 0.1) is 10.6 Å². The predicted molar refractivity (Wildman–Crippen MR) is 72.8 cm³/mol. The van der Waals surface area contributed by atoms with Crippen molar-refractivity contribution in [2.75, 3.05) is 5.43 Å². The number of rotatable bonds is 3. The Balaban J connectivity index is 3.14. The number of nitro benzene ring substituents is 1. The van der Waals surface area contributed by atoms with E-state index in [1.54, 1.807) is 19.1 Å². The quantitative estimate of drug-likeness (QED) is 0.387. The number of non-ortho nitro benzene ring substituents is 1. The molecule has 1 N–H and O–H groups in total. The monoisotopic (exact) mass is 355 g/mol. The van der Waals surface area contributed by atoms with Crippen LogP contribution >= 0.6 is 22.6 Å². The van der Waals surface area contributed by atoms with Crippen LogP contribution in [0.15, 0.2) is 17.2 Å². The molecule has 7 nitrogen and oxygen atoms in total. The van der Waals surface area contributed by atoms with Gasteiger partial charge in [-0.2, -0.15) is 15.6 Å². The highest BCUT2D eigenvalue weighted by Gasteiger charge is 2.12. The first-order valence-electron chi connectivity index (χ1n) is 4.58. The van der Waals surface area contributed by atoms with Crippen LogP contribution in [0.1, 0.15) is 5.56 Å². The van der Waals surface area contributed by atoms with Crippen molar-refractivity contribution in [3.8, 4) is 12.1 Å². The van der Waals surface area contributed by atoms with E-state index in [0.717, 1.165) is 0 Å². The van der Waals surface area contributed by atoms with Gasteiger partial charge in [-0.1, -0.05) is 0 Å². The molecule has 18 heavy (non-hydrogen) atoms. The zero-order chi connectivity index (χ0) is 13.7. The van der Waals surface area contributed by atoms with Crippen molar-refractivity contribution in [1.29, 1.82) is 10.5 Å². The molecule has 1 aromatic rings. The Hall–Kier alpha value is -2.20. The van der Waals surface area contributed by atoms with Gasteiger partial charge >= 0.3 is 0 Å². The van der Waals surface area contributed by atoms with Gasteiger partial charge in [0.15, 0.2) is 0 Å². The topological polar surface area (TPSA) is 115 Å². The molecular formula is C10H6IN5O2. The number of nitriles is 2. The second kappa shape index (κ2) is 5.93. The molecule has 1 rings (SSSR count). The van der Waals surface area contributed by atoms with E-state index in [9.17, 15) is 10.1 Å². The number of nitrogens with one attached hydrogen (secondary N) is 1. The smallest absolute Gasteiger partial charge is 0.270 e. The van der Waals surface area contributed by atoms with Gasteiger partial charge in [-0.25, -0.2) is 0 Å². The van der Waals surface area contributed by atoms with Gasteiger partial charge in [-0.05, 0) is 35.1 Å². The molecule has 0 atom stereocenters. The summed E-state index contributed by atoms with van der Waals surface area (Å²) < 4.78 is 0.582. The maximum absolute atomic E-state index is 10.6. The van der Waals surface area contributed by atoms with Crippen LogP contribution in [0.2, 0.25) is 0 Å². The SMILES string of the molecule is Cc1cc([N+](=O)[O-])cc(I)c1NN=C(C#N)C#N. The van der Waals surface area contributed by atoms with Gasteiger partial charge in [0.1, 0.15) is 12.1 Å². The van der Waals surface area contributed by atoms with Gasteiger partial charge in [-0.15, -0.1) is 0 Å². The summed E-state index contributed by atoms with van der Waals surface area (Å²) in [5, 5.41) is 31.3. The first kappa shape index (κ1) is 13.9. The molecule has 0 saturated carbocycles. The summed E-state index contributed by atoms with van der Waals surface area (Å²) in [6.07, 6.45) is 0. The molecule has 0 unspecified atom stereocenters. The van der Waals surface area contributed by atoms with E-state index in [1.165, 1.54) is 12.1 Å². The van der Waals surface area contributed by atoms with Crippen LogP contribution in [-0.2, 0) is 0 Å². The Kier molecular flexibility index (Phi) is 4.57. The summed E-state index contributed by atoms with van der Waals surface area (Å²) in [7, 11) is 0.